The van der Waals surface area contributed by atoms with Gasteiger partial charge in [-0.3, -0.25) is 0 Å². The van der Waals surface area contributed by atoms with Gasteiger partial charge in [-0.05, 0) is 43.4 Å². The van der Waals surface area contributed by atoms with Crippen molar-refractivity contribution in [2.45, 2.75) is 117 Å². The molecule has 0 N–H and O–H groups in total. The van der Waals surface area contributed by atoms with Crippen LogP contribution in [0.4, 0.5) is 0 Å². The Bertz CT molecular complexity index is 638. The third-order valence-corrected chi connectivity index (χ3v) is 5.80. The summed E-state index contributed by atoms with van der Waals surface area (Å²) in [5, 5.41) is 0. The molecule has 182 valence electrons. The predicted molar refractivity (Wildman–Crippen MR) is 132 cm³/mol. The largest absolute Gasteiger partial charge is 0.462 e. The minimum Gasteiger partial charge on any atom is -0.462 e. The summed E-state index contributed by atoms with van der Waals surface area (Å²) < 4.78 is 11.0. The summed E-state index contributed by atoms with van der Waals surface area (Å²) in [6.45, 7) is 7.34. The normalized spacial score (nSPS) is 10.8. The van der Waals surface area contributed by atoms with Crippen LogP contribution >= 0.6 is 0 Å². The maximum atomic E-state index is 12.8. The number of hydrogen-bond donors (Lipinski definition) is 0. The number of esters is 2. The van der Waals surface area contributed by atoms with Crippen LogP contribution in [0.2, 0.25) is 0 Å². The lowest BCUT2D eigenvalue weighted by atomic mass is 10.0. The van der Waals surface area contributed by atoms with Crippen LogP contribution in [0.5, 0.6) is 0 Å². The first-order valence-corrected chi connectivity index (χ1v) is 13.1. The van der Waals surface area contributed by atoms with Gasteiger partial charge in [0.25, 0.3) is 0 Å². The van der Waals surface area contributed by atoms with Crippen LogP contribution in [0.15, 0.2) is 18.2 Å². The SMILES string of the molecule is CCCCCCCCOC(=O)c1ccc(CCCC)cc1C(=O)OCCCCCCCC. The summed E-state index contributed by atoms with van der Waals surface area (Å²) in [7, 11) is 0. The van der Waals surface area contributed by atoms with E-state index in [9.17, 15) is 9.59 Å². The van der Waals surface area contributed by atoms with E-state index in [1.807, 2.05) is 12.1 Å². The second-order valence-electron chi connectivity index (χ2n) is 8.79. The van der Waals surface area contributed by atoms with E-state index in [1.54, 1.807) is 6.07 Å². The topological polar surface area (TPSA) is 52.6 Å². The second kappa shape index (κ2) is 18.7. The third-order valence-electron chi connectivity index (χ3n) is 5.80. The molecule has 0 aromatic heterocycles. The van der Waals surface area contributed by atoms with Gasteiger partial charge in [0.05, 0.1) is 24.3 Å². The highest BCUT2D eigenvalue weighted by molar-refractivity contribution is 6.03. The first kappa shape index (κ1) is 28.2. The van der Waals surface area contributed by atoms with Gasteiger partial charge in [-0.2, -0.15) is 0 Å². The number of carbonyl (C=O) groups is 2. The second-order valence-corrected chi connectivity index (χ2v) is 8.79. The first-order valence-electron chi connectivity index (χ1n) is 13.1. The van der Waals surface area contributed by atoms with Crippen LogP contribution in [0.1, 0.15) is 137 Å². The van der Waals surface area contributed by atoms with Gasteiger partial charge in [-0.15, -0.1) is 0 Å². The van der Waals surface area contributed by atoms with Crippen molar-refractivity contribution < 1.29 is 19.1 Å². The van der Waals surface area contributed by atoms with Gasteiger partial charge in [0.15, 0.2) is 0 Å². The summed E-state index contributed by atoms with van der Waals surface area (Å²) >= 11 is 0. The van der Waals surface area contributed by atoms with Crippen LogP contribution in [0.3, 0.4) is 0 Å². The molecule has 0 heterocycles. The van der Waals surface area contributed by atoms with Crippen LogP contribution in [0.25, 0.3) is 0 Å². The molecule has 0 fully saturated rings. The van der Waals surface area contributed by atoms with Crippen LogP contribution in [-0.2, 0) is 15.9 Å². The van der Waals surface area contributed by atoms with E-state index in [0.29, 0.717) is 24.3 Å². The predicted octanol–water partition coefficient (Wildman–Crippen LogP) is 8.06. The highest BCUT2D eigenvalue weighted by atomic mass is 16.5. The Kier molecular flexibility index (Phi) is 16.5. The molecule has 32 heavy (non-hydrogen) atoms. The molecule has 0 saturated carbocycles. The summed E-state index contributed by atoms with van der Waals surface area (Å²) in [5.74, 6) is -0.837. The Labute approximate surface area is 196 Å². The molecule has 0 amide bonds. The monoisotopic (exact) mass is 446 g/mol. The van der Waals surface area contributed by atoms with Gasteiger partial charge < -0.3 is 9.47 Å². The molecule has 4 nitrogen and oxygen atoms in total. The van der Waals surface area contributed by atoms with Gasteiger partial charge in [0, 0.05) is 0 Å². The summed E-state index contributed by atoms with van der Waals surface area (Å²) in [6.07, 6.45) is 16.7. The maximum Gasteiger partial charge on any atom is 0.339 e. The quantitative estimate of drug-likeness (QED) is 0.159. The highest BCUT2D eigenvalue weighted by Crippen LogP contribution is 2.18. The average molecular weight is 447 g/mol. The number of ether oxygens (including phenoxy) is 2. The maximum absolute atomic E-state index is 12.8. The van der Waals surface area contributed by atoms with E-state index < -0.39 is 11.9 Å². The molecule has 1 aromatic rings. The van der Waals surface area contributed by atoms with E-state index in [2.05, 4.69) is 20.8 Å². The van der Waals surface area contributed by atoms with Gasteiger partial charge in [-0.25, -0.2) is 9.59 Å². The smallest absolute Gasteiger partial charge is 0.339 e. The lowest BCUT2D eigenvalue weighted by molar-refractivity contribution is 0.0450. The number of hydrogen-bond acceptors (Lipinski definition) is 4. The Morgan fingerprint density at radius 3 is 1.59 bits per heavy atom. The van der Waals surface area contributed by atoms with Gasteiger partial charge in [-0.1, -0.05) is 97.5 Å². The summed E-state index contributed by atoms with van der Waals surface area (Å²) in [4.78, 5) is 25.5. The first-order chi connectivity index (χ1) is 15.6. The number of unbranched alkanes of at least 4 members (excludes halogenated alkanes) is 11. The fourth-order valence-electron chi connectivity index (χ4n) is 3.72. The molecule has 0 radical (unpaired) electrons. The minimum atomic E-state index is -0.424. The van der Waals surface area contributed by atoms with E-state index >= 15 is 0 Å². The van der Waals surface area contributed by atoms with Gasteiger partial charge >= 0.3 is 11.9 Å². The Morgan fingerprint density at radius 1 is 0.594 bits per heavy atom. The van der Waals surface area contributed by atoms with Crippen molar-refractivity contribution in [3.05, 3.63) is 34.9 Å². The molecular formula is C28H46O4. The highest BCUT2D eigenvalue weighted by Gasteiger charge is 2.20. The zero-order valence-corrected chi connectivity index (χ0v) is 20.9. The van der Waals surface area contributed by atoms with Crippen molar-refractivity contribution in [1.82, 2.24) is 0 Å². The molecule has 0 unspecified atom stereocenters. The summed E-state index contributed by atoms with van der Waals surface area (Å²) in [6, 6.07) is 5.48. The molecule has 0 atom stereocenters. The molecule has 0 aliphatic rings. The van der Waals surface area contributed by atoms with Crippen LogP contribution in [-0.4, -0.2) is 25.2 Å². The number of rotatable bonds is 19. The molecule has 1 aromatic carbocycles. The molecule has 0 spiro atoms. The molecule has 0 aliphatic carbocycles. The van der Waals surface area contributed by atoms with Crippen molar-refractivity contribution in [1.29, 1.82) is 0 Å². The fraction of sp³-hybridized carbons (Fsp3) is 0.714. The Hall–Kier alpha value is -1.84. The molecule has 0 saturated heterocycles. The van der Waals surface area contributed by atoms with Crippen molar-refractivity contribution in [2.24, 2.45) is 0 Å². The molecule has 4 heteroatoms. The lowest BCUT2D eigenvalue weighted by Gasteiger charge is -2.12. The van der Waals surface area contributed by atoms with E-state index in [1.165, 1.54) is 51.4 Å². The molecule has 1 rings (SSSR count). The average Bonchev–Trinajstić information content (AvgIpc) is 2.81. The zero-order valence-electron chi connectivity index (χ0n) is 20.9. The Morgan fingerprint density at radius 2 is 1.06 bits per heavy atom. The van der Waals surface area contributed by atoms with Crippen molar-refractivity contribution >= 4 is 11.9 Å². The third kappa shape index (κ3) is 12.3. The lowest BCUT2D eigenvalue weighted by Crippen LogP contribution is -2.15. The van der Waals surface area contributed by atoms with Crippen molar-refractivity contribution in [3.8, 4) is 0 Å². The van der Waals surface area contributed by atoms with Crippen LogP contribution in [0, 0.1) is 0 Å². The summed E-state index contributed by atoms with van der Waals surface area (Å²) in [5.41, 5.74) is 1.73. The van der Waals surface area contributed by atoms with Crippen molar-refractivity contribution in [3.63, 3.8) is 0 Å². The Balaban J connectivity index is 2.62. The van der Waals surface area contributed by atoms with E-state index in [-0.39, 0.29) is 0 Å². The van der Waals surface area contributed by atoms with Gasteiger partial charge in [0.1, 0.15) is 0 Å². The standard InChI is InChI=1S/C28H46O4/c1-4-7-10-12-14-16-21-31-27(29)25-20-19-24(18-9-6-3)23-26(25)28(30)32-22-17-15-13-11-8-5-2/h19-20,23H,4-18,21-22H2,1-3H3. The van der Waals surface area contributed by atoms with Crippen LogP contribution < -0.4 is 0 Å². The zero-order chi connectivity index (χ0) is 23.4. The van der Waals surface area contributed by atoms with E-state index in [0.717, 1.165) is 50.5 Å². The number of carbonyl (C=O) groups excluding carboxylic acids is 2. The van der Waals surface area contributed by atoms with Crippen molar-refractivity contribution in [2.75, 3.05) is 13.2 Å². The molecule has 0 bridgehead atoms. The molecule has 0 aliphatic heterocycles. The number of benzene rings is 1. The minimum absolute atomic E-state index is 0.323. The van der Waals surface area contributed by atoms with E-state index in [4.69, 9.17) is 9.47 Å². The molecular weight excluding hydrogens is 400 g/mol. The fourth-order valence-corrected chi connectivity index (χ4v) is 3.72. The number of aryl methyl sites for hydroxylation is 1. The van der Waals surface area contributed by atoms with Gasteiger partial charge in [0.2, 0.25) is 0 Å².